The van der Waals surface area contributed by atoms with Crippen molar-refractivity contribution in [1.29, 1.82) is 0 Å². The second-order valence-electron chi connectivity index (χ2n) is 3.61. The lowest BCUT2D eigenvalue weighted by Crippen LogP contribution is -2.49. The standard InChI is InChI=1S/C10H10FNO4S/c11-7-1-3-8(4-2-7)17(14,15)16-10(13)9-5-6-12-9/h1-4,9,12H,5-6H2. The molecular formula is C10H10FNO4S. The fraction of sp³-hybridized carbons (Fsp3) is 0.300. The maximum atomic E-state index is 12.6. The van der Waals surface area contributed by atoms with Gasteiger partial charge in [-0.25, -0.2) is 9.18 Å². The Morgan fingerprint density at radius 1 is 1.35 bits per heavy atom. The van der Waals surface area contributed by atoms with Crippen LogP contribution in [0, 0.1) is 5.82 Å². The summed E-state index contributed by atoms with van der Waals surface area (Å²) < 4.78 is 40.2. The van der Waals surface area contributed by atoms with Crippen molar-refractivity contribution in [2.75, 3.05) is 6.54 Å². The fourth-order valence-electron chi connectivity index (χ4n) is 1.31. The first-order valence-electron chi connectivity index (χ1n) is 4.96. The molecule has 1 fully saturated rings. The highest BCUT2D eigenvalue weighted by molar-refractivity contribution is 7.87. The van der Waals surface area contributed by atoms with Crippen molar-refractivity contribution in [1.82, 2.24) is 5.32 Å². The van der Waals surface area contributed by atoms with Crippen LogP contribution in [-0.2, 0) is 19.1 Å². The molecule has 5 nitrogen and oxygen atoms in total. The average molecular weight is 259 g/mol. The topological polar surface area (TPSA) is 72.5 Å². The molecule has 1 aliphatic heterocycles. The molecule has 1 N–H and O–H groups in total. The summed E-state index contributed by atoms with van der Waals surface area (Å²) in [6, 6.07) is 3.51. The predicted molar refractivity (Wildman–Crippen MR) is 56.1 cm³/mol. The SMILES string of the molecule is O=C(OS(=O)(=O)c1ccc(F)cc1)C1CCN1. The highest BCUT2D eigenvalue weighted by Crippen LogP contribution is 2.15. The third-order valence-electron chi connectivity index (χ3n) is 2.40. The van der Waals surface area contributed by atoms with Gasteiger partial charge in [0.2, 0.25) is 0 Å². The van der Waals surface area contributed by atoms with Crippen molar-refractivity contribution in [3.63, 3.8) is 0 Å². The number of hydrogen-bond donors (Lipinski definition) is 1. The summed E-state index contributed by atoms with van der Waals surface area (Å²) >= 11 is 0. The van der Waals surface area contributed by atoms with Crippen molar-refractivity contribution in [2.45, 2.75) is 17.4 Å². The molecule has 1 heterocycles. The molecule has 0 saturated carbocycles. The van der Waals surface area contributed by atoms with Crippen LogP contribution in [0.25, 0.3) is 0 Å². The quantitative estimate of drug-likeness (QED) is 0.796. The number of halogens is 1. The monoisotopic (exact) mass is 259 g/mol. The van der Waals surface area contributed by atoms with Crippen LogP contribution < -0.4 is 5.32 Å². The molecule has 1 saturated heterocycles. The molecule has 17 heavy (non-hydrogen) atoms. The van der Waals surface area contributed by atoms with Gasteiger partial charge < -0.3 is 9.50 Å². The lowest BCUT2D eigenvalue weighted by Gasteiger charge is -2.24. The van der Waals surface area contributed by atoms with Gasteiger partial charge in [0.15, 0.2) is 0 Å². The van der Waals surface area contributed by atoms with Crippen molar-refractivity contribution < 1.29 is 21.8 Å². The summed E-state index contributed by atoms with van der Waals surface area (Å²) in [6.07, 6.45) is 0.553. The van der Waals surface area contributed by atoms with Crippen LogP contribution in [0.1, 0.15) is 6.42 Å². The Balaban J connectivity index is 2.13. The van der Waals surface area contributed by atoms with E-state index in [4.69, 9.17) is 0 Å². The summed E-state index contributed by atoms with van der Waals surface area (Å²) in [7, 11) is -4.15. The zero-order chi connectivity index (χ0) is 12.5. The molecule has 0 radical (unpaired) electrons. The van der Waals surface area contributed by atoms with Gasteiger partial charge in [-0.2, -0.15) is 8.42 Å². The Morgan fingerprint density at radius 3 is 2.41 bits per heavy atom. The molecular weight excluding hydrogens is 249 g/mol. The Hall–Kier alpha value is -1.47. The summed E-state index contributed by atoms with van der Waals surface area (Å²) in [4.78, 5) is 11.1. The minimum absolute atomic E-state index is 0.244. The van der Waals surface area contributed by atoms with Gasteiger partial charge >= 0.3 is 16.1 Å². The van der Waals surface area contributed by atoms with Crippen LogP contribution in [0.15, 0.2) is 29.2 Å². The van der Waals surface area contributed by atoms with Crippen LogP contribution in [-0.4, -0.2) is 27.0 Å². The van der Waals surface area contributed by atoms with Gasteiger partial charge in [-0.15, -0.1) is 0 Å². The van der Waals surface area contributed by atoms with E-state index in [1.165, 1.54) is 0 Å². The lowest BCUT2D eigenvalue weighted by molar-refractivity contribution is -0.137. The summed E-state index contributed by atoms with van der Waals surface area (Å²) in [5.74, 6) is -1.39. The molecule has 7 heteroatoms. The average Bonchev–Trinajstić information content (AvgIpc) is 2.14. The summed E-state index contributed by atoms with van der Waals surface area (Å²) in [5.41, 5.74) is 0. The van der Waals surface area contributed by atoms with E-state index < -0.39 is 27.9 Å². The second-order valence-corrected chi connectivity index (χ2v) is 5.15. The third kappa shape index (κ3) is 2.62. The van der Waals surface area contributed by atoms with E-state index in [0.717, 1.165) is 24.3 Å². The predicted octanol–water partition coefficient (Wildman–Crippen LogP) is 0.420. The third-order valence-corrected chi connectivity index (χ3v) is 3.64. The first-order chi connectivity index (χ1) is 7.99. The van der Waals surface area contributed by atoms with E-state index in [-0.39, 0.29) is 4.90 Å². The molecule has 1 aliphatic rings. The first-order valence-corrected chi connectivity index (χ1v) is 6.37. The van der Waals surface area contributed by atoms with Crippen molar-refractivity contribution in [2.24, 2.45) is 0 Å². The van der Waals surface area contributed by atoms with Gasteiger partial charge in [0.1, 0.15) is 16.8 Å². The van der Waals surface area contributed by atoms with E-state index in [9.17, 15) is 17.6 Å². The molecule has 1 aromatic carbocycles. The normalized spacial score (nSPS) is 19.5. The molecule has 92 valence electrons. The molecule has 1 aromatic rings. The molecule has 0 amide bonds. The van der Waals surface area contributed by atoms with Crippen LogP contribution in [0.5, 0.6) is 0 Å². The number of carbonyl (C=O) groups excluding carboxylic acids is 1. The molecule has 1 unspecified atom stereocenters. The Bertz CT molecular complexity index is 522. The maximum Gasteiger partial charge on any atom is 0.341 e. The molecule has 2 rings (SSSR count). The smallest absolute Gasteiger partial charge is 0.341 e. The zero-order valence-electron chi connectivity index (χ0n) is 8.72. The molecule has 1 atom stereocenters. The van der Waals surface area contributed by atoms with E-state index in [1.54, 1.807) is 0 Å². The number of rotatable bonds is 3. The molecule has 0 spiro atoms. The highest BCUT2D eigenvalue weighted by atomic mass is 32.2. The number of carbonyl (C=O) groups is 1. The highest BCUT2D eigenvalue weighted by Gasteiger charge is 2.30. The van der Waals surface area contributed by atoms with E-state index in [0.29, 0.717) is 13.0 Å². The number of hydrogen-bond acceptors (Lipinski definition) is 5. The van der Waals surface area contributed by atoms with Crippen LogP contribution in [0.3, 0.4) is 0 Å². The van der Waals surface area contributed by atoms with Gasteiger partial charge in [0.25, 0.3) is 0 Å². The number of nitrogens with one attached hydrogen (secondary N) is 1. The van der Waals surface area contributed by atoms with Crippen LogP contribution in [0.2, 0.25) is 0 Å². The van der Waals surface area contributed by atoms with Gasteiger partial charge in [-0.05, 0) is 37.2 Å². The van der Waals surface area contributed by atoms with Crippen molar-refractivity contribution >= 4 is 16.1 Å². The van der Waals surface area contributed by atoms with Crippen molar-refractivity contribution in [3.05, 3.63) is 30.1 Å². The molecule has 0 bridgehead atoms. The van der Waals surface area contributed by atoms with Gasteiger partial charge in [-0.3, -0.25) is 0 Å². The van der Waals surface area contributed by atoms with Crippen LogP contribution in [0.4, 0.5) is 4.39 Å². The fourth-order valence-corrected chi connectivity index (χ4v) is 2.20. The van der Waals surface area contributed by atoms with Crippen molar-refractivity contribution in [3.8, 4) is 0 Å². The van der Waals surface area contributed by atoms with Crippen LogP contribution >= 0.6 is 0 Å². The van der Waals surface area contributed by atoms with Gasteiger partial charge in [0.05, 0.1) is 0 Å². The second kappa shape index (κ2) is 4.42. The van der Waals surface area contributed by atoms with E-state index in [2.05, 4.69) is 9.50 Å². The summed E-state index contributed by atoms with van der Waals surface area (Å²) in [5, 5.41) is 2.73. The minimum Gasteiger partial charge on any atom is -0.341 e. The minimum atomic E-state index is -4.15. The largest absolute Gasteiger partial charge is 0.341 e. The Morgan fingerprint density at radius 2 is 1.94 bits per heavy atom. The lowest BCUT2D eigenvalue weighted by atomic mass is 10.1. The van der Waals surface area contributed by atoms with E-state index in [1.807, 2.05) is 0 Å². The molecule has 0 aromatic heterocycles. The Kier molecular flexibility index (Phi) is 3.12. The number of benzene rings is 1. The summed E-state index contributed by atoms with van der Waals surface area (Å²) in [6.45, 7) is 0.663. The van der Waals surface area contributed by atoms with E-state index >= 15 is 0 Å². The Labute approximate surface area is 97.7 Å². The van der Waals surface area contributed by atoms with Gasteiger partial charge in [-0.1, -0.05) is 0 Å². The van der Waals surface area contributed by atoms with Gasteiger partial charge in [0, 0.05) is 0 Å². The zero-order valence-corrected chi connectivity index (χ0v) is 9.54. The molecule has 0 aliphatic carbocycles. The maximum absolute atomic E-state index is 12.6. The first kappa shape index (κ1) is 12.0.